The van der Waals surface area contributed by atoms with E-state index >= 15 is 8.78 Å². The summed E-state index contributed by atoms with van der Waals surface area (Å²) in [5.74, 6) is -0.684. The zero-order valence-electron chi connectivity index (χ0n) is 24.3. The van der Waals surface area contributed by atoms with E-state index in [2.05, 4.69) is 30.2 Å². The molecule has 2 aliphatic rings. The number of pyridine rings is 2. The number of aromatic nitrogens is 5. The predicted octanol–water partition coefficient (Wildman–Crippen LogP) is 7.18. The van der Waals surface area contributed by atoms with Gasteiger partial charge in [-0.05, 0) is 69.3 Å². The summed E-state index contributed by atoms with van der Waals surface area (Å²) < 4.78 is 37.9. The van der Waals surface area contributed by atoms with Crippen molar-refractivity contribution in [3.8, 4) is 17.3 Å². The molecule has 0 spiro atoms. The lowest BCUT2D eigenvalue weighted by molar-refractivity contribution is 0.108. The second-order valence-corrected chi connectivity index (χ2v) is 11.9. The maximum Gasteiger partial charge on any atom is 0.319 e. The van der Waals surface area contributed by atoms with Gasteiger partial charge in [0.1, 0.15) is 35.1 Å². The van der Waals surface area contributed by atoms with Crippen molar-refractivity contribution in [2.24, 2.45) is 0 Å². The van der Waals surface area contributed by atoms with Crippen LogP contribution in [0.2, 0.25) is 0 Å². The van der Waals surface area contributed by atoms with E-state index < -0.39 is 11.6 Å². The second-order valence-electron chi connectivity index (χ2n) is 11.9. The fourth-order valence-electron chi connectivity index (χ4n) is 7.17. The van der Waals surface area contributed by atoms with Crippen molar-refractivity contribution < 1.29 is 13.5 Å². The van der Waals surface area contributed by atoms with Crippen LogP contribution in [0.3, 0.4) is 0 Å². The lowest BCUT2D eigenvalue weighted by Crippen LogP contribution is -2.43. The summed E-state index contributed by atoms with van der Waals surface area (Å²) in [4.78, 5) is 24.0. The van der Waals surface area contributed by atoms with E-state index in [-0.39, 0.29) is 28.8 Å². The van der Waals surface area contributed by atoms with E-state index in [0.29, 0.717) is 34.1 Å². The van der Waals surface area contributed by atoms with Crippen molar-refractivity contribution in [1.29, 1.82) is 0 Å². The molecule has 0 bridgehead atoms. The van der Waals surface area contributed by atoms with Crippen molar-refractivity contribution in [2.45, 2.75) is 44.2 Å². The minimum Gasteiger partial charge on any atom is -0.461 e. The standard InChI is InChI=1S/C34H31F2N7O/c1-20(24-17-39-31-22(24)10-4-14-37-31)40-32-25-18-38-29(23-9-2-7-21-8-3-11-26(35)27(21)23)28(36)30(25)41-33(42-32)44-19-34-12-5-15-43(34)16-6-13-34/h2-4,7-11,14,17-18,20H,5-6,12-13,15-16,19H2,1H3,(H,37,39)(H,40,41,42). The van der Waals surface area contributed by atoms with Gasteiger partial charge in [0.05, 0.1) is 17.0 Å². The molecule has 8 rings (SSSR count). The molecule has 0 amide bonds. The van der Waals surface area contributed by atoms with E-state index in [0.717, 1.165) is 55.4 Å². The van der Waals surface area contributed by atoms with Gasteiger partial charge in [-0.1, -0.05) is 30.3 Å². The van der Waals surface area contributed by atoms with E-state index in [4.69, 9.17) is 9.72 Å². The van der Waals surface area contributed by atoms with Gasteiger partial charge in [-0.2, -0.15) is 9.97 Å². The lowest BCUT2D eigenvalue weighted by Gasteiger charge is -2.31. The molecule has 4 aromatic heterocycles. The van der Waals surface area contributed by atoms with E-state index in [1.165, 1.54) is 6.07 Å². The second kappa shape index (κ2) is 10.5. The first-order valence-corrected chi connectivity index (χ1v) is 15.1. The monoisotopic (exact) mass is 591 g/mol. The Morgan fingerprint density at radius 1 is 1.00 bits per heavy atom. The highest BCUT2D eigenvalue weighted by molar-refractivity contribution is 5.99. The van der Waals surface area contributed by atoms with Crippen LogP contribution in [0.25, 0.3) is 44.0 Å². The summed E-state index contributed by atoms with van der Waals surface area (Å²) in [6.07, 6.45) is 9.60. The van der Waals surface area contributed by atoms with Crippen molar-refractivity contribution in [3.05, 3.63) is 84.3 Å². The number of hydrogen-bond acceptors (Lipinski definition) is 7. The van der Waals surface area contributed by atoms with Crippen LogP contribution in [-0.2, 0) is 0 Å². The van der Waals surface area contributed by atoms with Gasteiger partial charge in [0.25, 0.3) is 0 Å². The predicted molar refractivity (Wildman–Crippen MR) is 167 cm³/mol. The van der Waals surface area contributed by atoms with Gasteiger partial charge in [0.15, 0.2) is 5.82 Å². The summed E-state index contributed by atoms with van der Waals surface area (Å²) in [5, 5.41) is 5.83. The SMILES string of the molecule is CC(Nc1nc(OCC23CCCN2CCC3)nc2c(F)c(-c3cccc4cccc(F)c34)ncc12)c1c[nH]c2ncccc12. The van der Waals surface area contributed by atoms with E-state index in [1.54, 1.807) is 42.7 Å². The van der Waals surface area contributed by atoms with Crippen molar-refractivity contribution in [2.75, 3.05) is 25.0 Å². The van der Waals surface area contributed by atoms with Gasteiger partial charge in [0, 0.05) is 40.5 Å². The zero-order chi connectivity index (χ0) is 29.8. The molecule has 10 heteroatoms. The van der Waals surface area contributed by atoms with Gasteiger partial charge >= 0.3 is 6.01 Å². The number of nitrogens with one attached hydrogen (secondary N) is 2. The van der Waals surface area contributed by atoms with Crippen molar-refractivity contribution in [3.63, 3.8) is 0 Å². The zero-order valence-corrected chi connectivity index (χ0v) is 24.3. The van der Waals surface area contributed by atoms with Crippen LogP contribution < -0.4 is 10.1 Å². The number of anilines is 1. The molecule has 0 saturated carbocycles. The Morgan fingerprint density at radius 3 is 2.66 bits per heavy atom. The quantitative estimate of drug-likeness (QED) is 0.203. The molecule has 8 nitrogen and oxygen atoms in total. The summed E-state index contributed by atoms with van der Waals surface area (Å²) in [5.41, 5.74) is 2.20. The number of halogens is 2. The maximum atomic E-state index is 16.6. The van der Waals surface area contributed by atoms with Crippen LogP contribution in [0.1, 0.15) is 44.2 Å². The first-order valence-electron chi connectivity index (χ1n) is 15.1. The van der Waals surface area contributed by atoms with E-state index in [1.807, 2.05) is 25.3 Å². The number of hydrogen-bond donors (Lipinski definition) is 2. The lowest BCUT2D eigenvalue weighted by atomic mass is 9.95. The Balaban J connectivity index is 1.24. The topological polar surface area (TPSA) is 91.9 Å². The molecule has 222 valence electrons. The molecule has 6 heterocycles. The van der Waals surface area contributed by atoms with Gasteiger partial charge in [-0.3, -0.25) is 9.88 Å². The van der Waals surface area contributed by atoms with Gasteiger partial charge in [0.2, 0.25) is 0 Å². The Bertz CT molecular complexity index is 2030. The smallest absolute Gasteiger partial charge is 0.319 e. The molecule has 2 aromatic carbocycles. The summed E-state index contributed by atoms with van der Waals surface area (Å²) in [6.45, 7) is 4.58. The largest absolute Gasteiger partial charge is 0.461 e. The number of fused-ring (bicyclic) bond motifs is 4. The third-order valence-corrected chi connectivity index (χ3v) is 9.36. The van der Waals surface area contributed by atoms with Crippen LogP contribution in [0.15, 0.2) is 67.1 Å². The Morgan fingerprint density at radius 2 is 1.82 bits per heavy atom. The van der Waals surface area contributed by atoms with Crippen LogP contribution in [0.4, 0.5) is 14.6 Å². The molecular weight excluding hydrogens is 560 g/mol. The van der Waals surface area contributed by atoms with Crippen molar-refractivity contribution in [1.82, 2.24) is 29.8 Å². The minimum absolute atomic E-state index is 0.0240. The number of ether oxygens (including phenoxy) is 1. The number of rotatable bonds is 7. The van der Waals surface area contributed by atoms with E-state index in [9.17, 15) is 0 Å². The molecule has 0 radical (unpaired) electrons. The fraction of sp³-hybridized carbons (Fsp3) is 0.294. The molecule has 2 N–H and O–H groups in total. The normalized spacial score (nSPS) is 17.0. The first kappa shape index (κ1) is 26.9. The van der Waals surface area contributed by atoms with Gasteiger partial charge < -0.3 is 15.0 Å². The van der Waals surface area contributed by atoms with Crippen LogP contribution in [0, 0.1) is 11.6 Å². The molecule has 1 unspecified atom stereocenters. The summed E-state index contributed by atoms with van der Waals surface area (Å²) >= 11 is 0. The maximum absolute atomic E-state index is 16.6. The highest BCUT2D eigenvalue weighted by Gasteiger charge is 2.45. The average molecular weight is 592 g/mol. The third kappa shape index (κ3) is 4.35. The number of nitrogens with zero attached hydrogens (tertiary/aromatic N) is 5. The Hall–Kier alpha value is -4.70. The minimum atomic E-state index is -0.654. The molecule has 2 aliphatic heterocycles. The first-order chi connectivity index (χ1) is 21.5. The third-order valence-electron chi connectivity index (χ3n) is 9.36. The number of benzene rings is 2. The molecule has 6 aromatic rings. The Labute approximate surface area is 252 Å². The van der Waals surface area contributed by atoms with Gasteiger partial charge in [-0.15, -0.1) is 0 Å². The number of H-pyrrole nitrogens is 1. The summed E-state index contributed by atoms with van der Waals surface area (Å²) in [6, 6.07) is 13.8. The Kier molecular flexibility index (Phi) is 6.41. The highest BCUT2D eigenvalue weighted by Crippen LogP contribution is 2.40. The van der Waals surface area contributed by atoms with Crippen LogP contribution in [0.5, 0.6) is 6.01 Å². The molecule has 2 saturated heterocycles. The van der Waals surface area contributed by atoms with Crippen LogP contribution >= 0.6 is 0 Å². The summed E-state index contributed by atoms with van der Waals surface area (Å²) in [7, 11) is 0. The number of aromatic amines is 1. The molecule has 2 fully saturated rings. The molecule has 44 heavy (non-hydrogen) atoms. The fourth-order valence-corrected chi connectivity index (χ4v) is 7.17. The van der Waals surface area contributed by atoms with Crippen molar-refractivity contribution >= 4 is 38.5 Å². The highest BCUT2D eigenvalue weighted by atomic mass is 19.1. The molecular formula is C34H31F2N7O. The van der Waals surface area contributed by atoms with Gasteiger partial charge in [-0.25, -0.2) is 13.8 Å². The van der Waals surface area contributed by atoms with Crippen LogP contribution in [-0.4, -0.2) is 55.1 Å². The molecule has 0 aliphatic carbocycles. The molecule has 1 atom stereocenters. The average Bonchev–Trinajstić information content (AvgIpc) is 3.75.